The summed E-state index contributed by atoms with van der Waals surface area (Å²) in [6.45, 7) is 6.60. The van der Waals surface area contributed by atoms with Crippen molar-refractivity contribution in [2.24, 2.45) is 4.99 Å². The molecular formula is C21H24N2O. The van der Waals surface area contributed by atoms with E-state index < -0.39 is 0 Å². The average molecular weight is 320 g/mol. The summed E-state index contributed by atoms with van der Waals surface area (Å²) in [5.41, 5.74) is 5.61. The van der Waals surface area contributed by atoms with Crippen molar-refractivity contribution in [1.82, 2.24) is 0 Å². The molecule has 1 aliphatic rings. The average Bonchev–Trinajstić information content (AvgIpc) is 2.58. The Bertz CT molecular complexity index is 804. The molecule has 124 valence electrons. The smallest absolute Gasteiger partial charge is 0.129 e. The molecule has 3 heteroatoms. The third kappa shape index (κ3) is 2.94. The molecule has 0 atom stereocenters. The second-order valence-corrected chi connectivity index (χ2v) is 6.75. The van der Waals surface area contributed by atoms with Gasteiger partial charge in [-0.3, -0.25) is 4.99 Å². The van der Waals surface area contributed by atoms with Gasteiger partial charge in [0.05, 0.1) is 18.3 Å². The number of likely N-dealkylation sites (N-methyl/N-ethyl adjacent to an activating group) is 1. The van der Waals surface area contributed by atoms with E-state index >= 15 is 0 Å². The van der Waals surface area contributed by atoms with Gasteiger partial charge >= 0.3 is 0 Å². The zero-order valence-corrected chi connectivity index (χ0v) is 15.0. The molecule has 0 aliphatic carbocycles. The summed E-state index contributed by atoms with van der Waals surface area (Å²) < 4.78 is 5.61. The molecule has 24 heavy (non-hydrogen) atoms. The Hall–Kier alpha value is -2.55. The zero-order chi connectivity index (χ0) is 17.3. The van der Waals surface area contributed by atoms with E-state index in [9.17, 15) is 0 Å². The number of para-hydroxylation sites is 1. The van der Waals surface area contributed by atoms with Crippen LogP contribution in [-0.2, 0) is 0 Å². The molecule has 3 nitrogen and oxygen atoms in total. The molecule has 3 rings (SSSR count). The molecule has 0 radical (unpaired) electrons. The van der Waals surface area contributed by atoms with Crippen molar-refractivity contribution in [3.63, 3.8) is 0 Å². The van der Waals surface area contributed by atoms with Crippen molar-refractivity contribution >= 4 is 23.2 Å². The lowest BCUT2D eigenvalue weighted by Crippen LogP contribution is -2.42. The number of fused-ring (bicyclic) bond motifs is 1. The Balaban J connectivity index is 2.07. The minimum absolute atomic E-state index is 0.0122. The number of allylic oxidation sites excluding steroid dienone is 1. The number of rotatable bonds is 3. The predicted molar refractivity (Wildman–Crippen MR) is 103 cm³/mol. The highest BCUT2D eigenvalue weighted by Crippen LogP contribution is 2.40. The largest absolute Gasteiger partial charge is 0.496 e. The van der Waals surface area contributed by atoms with Gasteiger partial charge < -0.3 is 9.64 Å². The number of ether oxygens (including phenoxy) is 1. The van der Waals surface area contributed by atoms with E-state index in [1.807, 2.05) is 36.5 Å². The highest BCUT2D eigenvalue weighted by molar-refractivity contribution is 5.91. The summed E-state index contributed by atoms with van der Waals surface area (Å²) in [7, 11) is 3.83. The fourth-order valence-electron chi connectivity index (χ4n) is 3.13. The van der Waals surface area contributed by atoms with Crippen LogP contribution in [-0.4, -0.2) is 25.9 Å². The maximum Gasteiger partial charge on any atom is 0.129 e. The molecule has 0 amide bonds. The second kappa shape index (κ2) is 6.16. The fraction of sp³-hybridized carbons (Fsp3) is 0.286. The van der Waals surface area contributed by atoms with Gasteiger partial charge in [0, 0.05) is 36.1 Å². The number of aliphatic imine (C=N–C) groups is 1. The van der Waals surface area contributed by atoms with Crippen LogP contribution in [0.3, 0.4) is 0 Å². The van der Waals surface area contributed by atoms with Crippen molar-refractivity contribution < 1.29 is 4.74 Å². The van der Waals surface area contributed by atoms with Crippen molar-refractivity contribution in [3.8, 4) is 5.75 Å². The first-order valence-corrected chi connectivity index (χ1v) is 8.17. The Kier molecular flexibility index (Phi) is 4.18. The van der Waals surface area contributed by atoms with Crippen molar-refractivity contribution in [2.45, 2.75) is 26.3 Å². The van der Waals surface area contributed by atoms with Crippen LogP contribution in [0, 0.1) is 0 Å². The van der Waals surface area contributed by atoms with E-state index in [0.717, 1.165) is 17.0 Å². The van der Waals surface area contributed by atoms with Crippen molar-refractivity contribution in [1.29, 1.82) is 0 Å². The van der Waals surface area contributed by atoms with Gasteiger partial charge in [-0.15, -0.1) is 0 Å². The fourth-order valence-corrected chi connectivity index (χ4v) is 3.13. The number of methoxy groups -OCH3 is 1. The molecule has 0 saturated carbocycles. The first kappa shape index (κ1) is 16.3. The summed E-state index contributed by atoms with van der Waals surface area (Å²) >= 11 is 0. The Morgan fingerprint density at radius 3 is 2.50 bits per heavy atom. The molecule has 1 aliphatic heterocycles. The molecule has 0 spiro atoms. The molecule has 0 aromatic heterocycles. The van der Waals surface area contributed by atoms with Crippen LogP contribution in [0.25, 0.3) is 5.57 Å². The second-order valence-electron chi connectivity index (χ2n) is 6.75. The number of nitrogens with zero attached hydrogens (tertiary/aromatic N) is 2. The van der Waals surface area contributed by atoms with E-state index in [1.165, 1.54) is 16.8 Å². The topological polar surface area (TPSA) is 24.8 Å². The standard InChI is InChI=1S/C21H24N2O/c1-15-13-21(2,3)23(4)19-12-20(24-5)16(11-18(15)19)14-22-17-9-7-6-8-10-17/h6-14H,1-5H3. The van der Waals surface area contributed by atoms with Gasteiger partial charge in [0.1, 0.15) is 5.75 Å². The predicted octanol–water partition coefficient (Wildman–Crippen LogP) is 5.08. The van der Waals surface area contributed by atoms with Crippen LogP contribution in [0.4, 0.5) is 11.4 Å². The van der Waals surface area contributed by atoms with Crippen LogP contribution in [0.1, 0.15) is 31.9 Å². The van der Waals surface area contributed by atoms with Crippen LogP contribution in [0.15, 0.2) is 53.5 Å². The summed E-state index contributed by atoms with van der Waals surface area (Å²) in [6, 6.07) is 14.2. The molecule has 1 heterocycles. The van der Waals surface area contributed by atoms with Gasteiger partial charge in [-0.2, -0.15) is 0 Å². The normalized spacial score (nSPS) is 16.0. The van der Waals surface area contributed by atoms with Gasteiger partial charge in [-0.1, -0.05) is 24.3 Å². The molecule has 2 aromatic carbocycles. The summed E-state index contributed by atoms with van der Waals surface area (Å²) in [6.07, 6.45) is 4.18. The zero-order valence-electron chi connectivity index (χ0n) is 15.0. The van der Waals surface area contributed by atoms with E-state index in [1.54, 1.807) is 7.11 Å². The Morgan fingerprint density at radius 1 is 1.12 bits per heavy atom. The molecule has 0 fully saturated rings. The van der Waals surface area contributed by atoms with Crippen LogP contribution in [0.2, 0.25) is 0 Å². The van der Waals surface area contributed by atoms with Gasteiger partial charge in [0.25, 0.3) is 0 Å². The first-order valence-electron chi connectivity index (χ1n) is 8.17. The Labute approximate surface area is 144 Å². The van der Waals surface area contributed by atoms with E-state index in [0.29, 0.717) is 0 Å². The van der Waals surface area contributed by atoms with Crippen molar-refractivity contribution in [3.05, 3.63) is 59.7 Å². The summed E-state index contributed by atoms with van der Waals surface area (Å²) in [5.74, 6) is 0.839. The van der Waals surface area contributed by atoms with E-state index in [4.69, 9.17) is 4.74 Å². The van der Waals surface area contributed by atoms with E-state index in [2.05, 4.69) is 55.9 Å². The lowest BCUT2D eigenvalue weighted by molar-refractivity contribution is 0.414. The molecule has 0 saturated heterocycles. The summed E-state index contributed by atoms with van der Waals surface area (Å²) in [4.78, 5) is 6.86. The summed E-state index contributed by atoms with van der Waals surface area (Å²) in [5, 5.41) is 0. The first-order chi connectivity index (χ1) is 11.4. The third-order valence-electron chi connectivity index (χ3n) is 4.68. The van der Waals surface area contributed by atoms with Crippen LogP contribution >= 0.6 is 0 Å². The molecule has 2 aromatic rings. The van der Waals surface area contributed by atoms with Gasteiger partial charge in [0.15, 0.2) is 0 Å². The third-order valence-corrected chi connectivity index (χ3v) is 4.68. The highest BCUT2D eigenvalue weighted by Gasteiger charge is 2.29. The maximum absolute atomic E-state index is 5.61. The van der Waals surface area contributed by atoms with Gasteiger partial charge in [-0.25, -0.2) is 0 Å². The molecule has 0 unspecified atom stereocenters. The lowest BCUT2D eigenvalue weighted by atomic mass is 9.88. The molecular weight excluding hydrogens is 296 g/mol. The van der Waals surface area contributed by atoms with Gasteiger partial charge in [-0.05, 0) is 44.5 Å². The number of hydrogen-bond acceptors (Lipinski definition) is 3. The molecule has 0 bridgehead atoms. The van der Waals surface area contributed by atoms with Gasteiger partial charge in [0.2, 0.25) is 0 Å². The van der Waals surface area contributed by atoms with Crippen LogP contribution < -0.4 is 9.64 Å². The quantitative estimate of drug-likeness (QED) is 0.737. The number of benzene rings is 2. The monoisotopic (exact) mass is 320 g/mol. The highest BCUT2D eigenvalue weighted by atomic mass is 16.5. The minimum atomic E-state index is -0.0122. The van der Waals surface area contributed by atoms with Crippen molar-refractivity contribution in [2.75, 3.05) is 19.1 Å². The van der Waals surface area contributed by atoms with Crippen LogP contribution in [0.5, 0.6) is 5.75 Å². The SMILES string of the molecule is COc1cc2c(cc1C=Nc1ccccc1)C(C)=CC(C)(C)N2C. The maximum atomic E-state index is 5.61. The minimum Gasteiger partial charge on any atom is -0.496 e. The Morgan fingerprint density at radius 2 is 1.83 bits per heavy atom. The number of anilines is 1. The van der Waals surface area contributed by atoms with E-state index in [-0.39, 0.29) is 5.54 Å². The lowest BCUT2D eigenvalue weighted by Gasteiger charge is -2.40. The molecule has 0 N–H and O–H groups in total. The number of hydrogen-bond donors (Lipinski definition) is 0.